The largest absolute Gasteiger partial charge is 0.481 e. The van der Waals surface area contributed by atoms with E-state index in [1.54, 1.807) is 14.1 Å². The molecule has 1 unspecified atom stereocenters. The molecule has 1 N–H and O–H groups in total. The molecule has 0 radical (unpaired) electrons. The van der Waals surface area contributed by atoms with Gasteiger partial charge in [-0.25, -0.2) is 4.99 Å². The van der Waals surface area contributed by atoms with Gasteiger partial charge >= 0.3 is 5.97 Å². The zero-order valence-electron chi connectivity index (χ0n) is 18.5. The maximum atomic E-state index is 11.4. The van der Waals surface area contributed by atoms with Gasteiger partial charge in [0.1, 0.15) is 5.71 Å². The van der Waals surface area contributed by atoms with Crippen LogP contribution in [0.3, 0.4) is 0 Å². The lowest BCUT2D eigenvalue weighted by atomic mass is 10.0. The van der Waals surface area contributed by atoms with Crippen LogP contribution < -0.4 is 0 Å². The van der Waals surface area contributed by atoms with Crippen molar-refractivity contribution in [3.63, 3.8) is 0 Å². The summed E-state index contributed by atoms with van der Waals surface area (Å²) in [6, 6.07) is 0. The summed E-state index contributed by atoms with van der Waals surface area (Å²) in [4.78, 5) is 29.3. The Morgan fingerprint density at radius 1 is 1.26 bits per heavy atom. The lowest BCUT2D eigenvalue weighted by molar-refractivity contribution is -0.141. The molecule has 8 nitrogen and oxygen atoms in total. The number of hydrogen-bond acceptors (Lipinski definition) is 7. The molecular formula is C23H31N5O3. The topological polar surface area (TPSA) is 90.1 Å². The van der Waals surface area contributed by atoms with Crippen LogP contribution >= 0.6 is 0 Å². The fraction of sp³-hybridized carbons (Fsp3) is 0.478. The molecule has 3 heterocycles. The quantitative estimate of drug-likeness (QED) is 0.682. The van der Waals surface area contributed by atoms with Crippen molar-refractivity contribution in [3.05, 3.63) is 47.9 Å². The summed E-state index contributed by atoms with van der Waals surface area (Å²) < 4.78 is 5.44. The van der Waals surface area contributed by atoms with Gasteiger partial charge < -0.3 is 19.6 Å². The molecule has 0 aromatic heterocycles. The van der Waals surface area contributed by atoms with Gasteiger partial charge in [-0.1, -0.05) is 18.7 Å². The Morgan fingerprint density at radius 3 is 2.58 bits per heavy atom. The molecule has 0 amide bonds. The summed E-state index contributed by atoms with van der Waals surface area (Å²) >= 11 is 0. The molecule has 0 aromatic carbocycles. The van der Waals surface area contributed by atoms with Gasteiger partial charge in [0.15, 0.2) is 5.84 Å². The van der Waals surface area contributed by atoms with Crippen molar-refractivity contribution < 1.29 is 14.6 Å². The lowest BCUT2D eigenvalue weighted by Crippen LogP contribution is -2.40. The first-order valence-electron chi connectivity index (χ1n) is 10.6. The first-order chi connectivity index (χ1) is 15.0. The van der Waals surface area contributed by atoms with Crippen molar-refractivity contribution in [1.82, 2.24) is 9.80 Å². The van der Waals surface area contributed by atoms with Crippen molar-refractivity contribution in [1.29, 1.82) is 0 Å². The number of aliphatic imine (C=N–C) groups is 3. The number of morpholine rings is 1. The number of carbonyl (C=O) groups is 1. The van der Waals surface area contributed by atoms with Crippen LogP contribution in [-0.4, -0.2) is 91.6 Å². The minimum Gasteiger partial charge on any atom is -0.481 e. The highest BCUT2D eigenvalue weighted by molar-refractivity contribution is 6.71. The molecule has 3 aliphatic heterocycles. The molecule has 0 bridgehead atoms. The second-order valence-electron chi connectivity index (χ2n) is 7.59. The SMILES string of the molecule is C=C(/C=C\C(=C/C)N1CCOCC1)C1=CC(=N/C)/C(=N\C)C(N2CCC(C(=O)O)C2)=N1. The number of hydrogen-bond donors (Lipinski definition) is 1. The molecule has 0 aromatic rings. The normalized spacial score (nSPS) is 25.4. The van der Waals surface area contributed by atoms with Gasteiger partial charge in [0.2, 0.25) is 0 Å². The lowest BCUT2D eigenvalue weighted by Gasteiger charge is -2.29. The second kappa shape index (κ2) is 10.3. The molecule has 0 saturated carbocycles. The van der Waals surface area contributed by atoms with Gasteiger partial charge in [-0.2, -0.15) is 0 Å². The number of aliphatic carboxylic acids is 1. The van der Waals surface area contributed by atoms with E-state index in [9.17, 15) is 9.90 Å². The number of amidine groups is 1. The highest BCUT2D eigenvalue weighted by atomic mass is 16.5. The Kier molecular flexibility index (Phi) is 7.57. The van der Waals surface area contributed by atoms with Crippen LogP contribution in [0, 0.1) is 5.92 Å². The number of rotatable bonds is 5. The number of carboxylic acid groups (broad SMARTS) is 1. The van der Waals surface area contributed by atoms with Gasteiger partial charge in [-0.3, -0.25) is 14.8 Å². The summed E-state index contributed by atoms with van der Waals surface area (Å²) in [6.07, 6.45) is 8.56. The zero-order valence-corrected chi connectivity index (χ0v) is 18.5. The molecule has 31 heavy (non-hydrogen) atoms. The predicted octanol–water partition coefficient (Wildman–Crippen LogP) is 2.18. The first-order valence-corrected chi connectivity index (χ1v) is 10.6. The average Bonchev–Trinajstić information content (AvgIpc) is 3.29. The van der Waals surface area contributed by atoms with E-state index in [1.165, 1.54) is 0 Å². The molecule has 3 rings (SSSR count). The first kappa shape index (κ1) is 22.7. The Bertz CT molecular complexity index is 904. The highest BCUT2D eigenvalue weighted by Crippen LogP contribution is 2.23. The summed E-state index contributed by atoms with van der Waals surface area (Å²) in [7, 11) is 3.42. The molecule has 2 fully saturated rings. The summed E-state index contributed by atoms with van der Waals surface area (Å²) in [6.45, 7) is 10.5. The van der Waals surface area contributed by atoms with Crippen molar-refractivity contribution >= 4 is 23.2 Å². The molecule has 0 aliphatic carbocycles. The minimum atomic E-state index is -0.775. The van der Waals surface area contributed by atoms with E-state index in [-0.39, 0.29) is 0 Å². The van der Waals surface area contributed by atoms with E-state index in [4.69, 9.17) is 9.73 Å². The number of likely N-dealkylation sites (tertiary alicyclic amines) is 1. The van der Waals surface area contributed by atoms with E-state index >= 15 is 0 Å². The maximum absolute atomic E-state index is 11.4. The smallest absolute Gasteiger partial charge is 0.308 e. The van der Waals surface area contributed by atoms with Gasteiger partial charge in [0.25, 0.3) is 0 Å². The van der Waals surface area contributed by atoms with Crippen molar-refractivity contribution in [2.24, 2.45) is 20.9 Å². The van der Waals surface area contributed by atoms with Gasteiger partial charge in [-0.15, -0.1) is 0 Å². The monoisotopic (exact) mass is 425 g/mol. The third-order valence-electron chi connectivity index (χ3n) is 5.71. The highest BCUT2D eigenvalue weighted by Gasteiger charge is 2.33. The Labute approximate surface area is 183 Å². The molecule has 3 aliphatic rings. The van der Waals surface area contributed by atoms with E-state index in [2.05, 4.69) is 27.5 Å². The second-order valence-corrected chi connectivity index (χ2v) is 7.59. The summed E-state index contributed by atoms with van der Waals surface area (Å²) in [5, 5.41) is 9.37. The van der Waals surface area contributed by atoms with Crippen LogP contribution in [0.5, 0.6) is 0 Å². The van der Waals surface area contributed by atoms with Gasteiger partial charge in [0.05, 0.1) is 30.5 Å². The molecule has 2 saturated heterocycles. The van der Waals surface area contributed by atoms with Crippen molar-refractivity contribution in [2.45, 2.75) is 13.3 Å². The van der Waals surface area contributed by atoms with Crippen LogP contribution in [-0.2, 0) is 9.53 Å². The predicted molar refractivity (Wildman–Crippen MR) is 124 cm³/mol. The third-order valence-corrected chi connectivity index (χ3v) is 5.71. The van der Waals surface area contributed by atoms with Gasteiger partial charge in [0, 0.05) is 46.0 Å². The Hall–Kier alpha value is -3.00. The van der Waals surface area contributed by atoms with Crippen molar-refractivity contribution in [2.75, 3.05) is 53.5 Å². The molecule has 1 atom stereocenters. The van der Waals surface area contributed by atoms with Crippen molar-refractivity contribution in [3.8, 4) is 0 Å². The summed E-state index contributed by atoms with van der Waals surface area (Å²) in [5.41, 5.74) is 3.98. The molecule has 8 heteroatoms. The average molecular weight is 426 g/mol. The minimum absolute atomic E-state index is 0.397. The number of carboxylic acids is 1. The van der Waals surface area contributed by atoms with Gasteiger partial charge in [-0.05, 0) is 31.1 Å². The number of ether oxygens (including phenoxy) is 1. The Balaban J connectivity index is 1.83. The fourth-order valence-corrected chi connectivity index (χ4v) is 3.91. The third kappa shape index (κ3) is 5.19. The molecule has 0 spiro atoms. The zero-order chi connectivity index (χ0) is 22.4. The summed E-state index contributed by atoms with van der Waals surface area (Å²) in [5.74, 6) is -0.507. The van der Waals surface area contributed by atoms with E-state index < -0.39 is 11.9 Å². The maximum Gasteiger partial charge on any atom is 0.308 e. The number of nitrogens with zero attached hydrogens (tertiary/aromatic N) is 5. The van der Waals surface area contributed by atoms with E-state index in [1.807, 2.05) is 30.1 Å². The fourth-order valence-electron chi connectivity index (χ4n) is 3.91. The van der Waals surface area contributed by atoms with Crippen LogP contribution in [0.4, 0.5) is 0 Å². The molecular weight excluding hydrogens is 394 g/mol. The Morgan fingerprint density at radius 2 is 2.00 bits per heavy atom. The standard InChI is InChI=1S/C23H31N5O3/c1-5-18(27-10-12-31-13-11-27)7-6-16(2)19-14-20(24-3)21(25-4)22(26-19)28-9-8-17(15-28)23(29)30/h5-7,14,17H,2,8-13,15H2,1,3-4H3,(H,29,30)/b7-6-,18-5+,24-20-,25-21+. The van der Waals surface area contributed by atoms with Crippen LogP contribution in [0.2, 0.25) is 0 Å². The molecule has 166 valence electrons. The number of allylic oxidation sites excluding steroid dienone is 4. The van der Waals surface area contributed by atoms with Crippen LogP contribution in [0.25, 0.3) is 0 Å². The van der Waals surface area contributed by atoms with E-state index in [0.717, 1.165) is 43.3 Å². The van der Waals surface area contributed by atoms with E-state index in [0.29, 0.717) is 36.8 Å². The van der Waals surface area contributed by atoms with Crippen LogP contribution in [0.15, 0.2) is 62.8 Å². The van der Waals surface area contributed by atoms with Crippen LogP contribution in [0.1, 0.15) is 13.3 Å².